The molecule has 0 atom stereocenters. The molecule has 0 bridgehead atoms. The predicted octanol–water partition coefficient (Wildman–Crippen LogP) is 3.54. The second kappa shape index (κ2) is 7.71. The zero-order valence-corrected chi connectivity index (χ0v) is 15.6. The van der Waals surface area contributed by atoms with Gasteiger partial charge in [0, 0.05) is 37.4 Å². The third-order valence-corrected chi connectivity index (χ3v) is 4.28. The van der Waals surface area contributed by atoms with Gasteiger partial charge in [0.2, 0.25) is 0 Å². The number of amides is 1. The molecular formula is C18H24ClN3O2. The molecule has 130 valence electrons. The lowest BCUT2D eigenvalue weighted by atomic mass is 10.0. The molecule has 0 aliphatic rings. The summed E-state index contributed by atoms with van der Waals surface area (Å²) in [6, 6.07) is 3.81. The Labute approximate surface area is 148 Å². The summed E-state index contributed by atoms with van der Waals surface area (Å²) in [6.07, 6.45) is 3.65. The number of benzene rings is 1. The fourth-order valence-corrected chi connectivity index (χ4v) is 2.58. The average Bonchev–Trinajstić information content (AvgIpc) is 2.92. The van der Waals surface area contributed by atoms with Crippen molar-refractivity contribution in [3.8, 4) is 5.75 Å². The Kier molecular flexibility index (Phi) is 5.89. The van der Waals surface area contributed by atoms with E-state index < -0.39 is 0 Å². The molecule has 0 spiro atoms. The van der Waals surface area contributed by atoms with E-state index in [1.807, 2.05) is 32.3 Å². The third kappa shape index (κ3) is 4.51. The summed E-state index contributed by atoms with van der Waals surface area (Å²) in [4.78, 5) is 13.9. The second-order valence-corrected chi connectivity index (χ2v) is 6.76. The molecule has 0 aliphatic heterocycles. The number of aromatic nitrogens is 2. The maximum Gasteiger partial charge on any atom is 0.260 e. The van der Waals surface area contributed by atoms with Crippen LogP contribution in [0.5, 0.6) is 5.75 Å². The van der Waals surface area contributed by atoms with Crippen molar-refractivity contribution in [2.75, 3.05) is 13.7 Å². The van der Waals surface area contributed by atoms with Crippen LogP contribution in [0, 0.1) is 6.92 Å². The van der Waals surface area contributed by atoms with Gasteiger partial charge in [0.15, 0.2) is 6.61 Å². The van der Waals surface area contributed by atoms with Crippen molar-refractivity contribution in [3.63, 3.8) is 0 Å². The fourth-order valence-electron chi connectivity index (χ4n) is 2.41. The van der Waals surface area contributed by atoms with Gasteiger partial charge in [-0.3, -0.25) is 9.48 Å². The first-order valence-electron chi connectivity index (χ1n) is 7.92. The van der Waals surface area contributed by atoms with Crippen molar-refractivity contribution in [2.24, 2.45) is 7.05 Å². The minimum atomic E-state index is -0.0823. The monoisotopic (exact) mass is 349 g/mol. The number of rotatable bonds is 6. The Hall–Kier alpha value is -2.01. The van der Waals surface area contributed by atoms with E-state index in [1.165, 1.54) is 0 Å². The Morgan fingerprint density at radius 1 is 1.42 bits per heavy atom. The molecular weight excluding hydrogens is 326 g/mol. The quantitative estimate of drug-likeness (QED) is 0.801. The lowest BCUT2D eigenvalue weighted by molar-refractivity contribution is -0.132. The molecule has 0 unspecified atom stereocenters. The van der Waals surface area contributed by atoms with Crippen LogP contribution in [0.1, 0.15) is 36.5 Å². The molecule has 1 aromatic carbocycles. The molecule has 1 amide bonds. The van der Waals surface area contributed by atoms with Gasteiger partial charge in [-0.25, -0.2) is 0 Å². The first kappa shape index (κ1) is 18.3. The fraction of sp³-hybridized carbons (Fsp3) is 0.444. The highest BCUT2D eigenvalue weighted by atomic mass is 35.5. The van der Waals surface area contributed by atoms with E-state index in [4.69, 9.17) is 16.3 Å². The summed E-state index contributed by atoms with van der Waals surface area (Å²) >= 11 is 6.20. The van der Waals surface area contributed by atoms with Gasteiger partial charge in [-0.2, -0.15) is 5.10 Å². The molecule has 2 aromatic rings. The van der Waals surface area contributed by atoms with Crippen LogP contribution in [0.15, 0.2) is 24.5 Å². The first-order valence-corrected chi connectivity index (χ1v) is 8.30. The predicted molar refractivity (Wildman–Crippen MR) is 95.5 cm³/mol. The van der Waals surface area contributed by atoms with Crippen molar-refractivity contribution in [2.45, 2.75) is 33.2 Å². The number of halogens is 1. The largest absolute Gasteiger partial charge is 0.483 e. The topological polar surface area (TPSA) is 47.4 Å². The molecule has 2 rings (SSSR count). The molecule has 24 heavy (non-hydrogen) atoms. The number of likely N-dealkylation sites (N-methyl/N-ethyl adjacent to an activating group) is 1. The summed E-state index contributed by atoms with van der Waals surface area (Å²) in [5.41, 5.74) is 2.93. The Balaban J connectivity index is 2.02. The van der Waals surface area contributed by atoms with Crippen LogP contribution in [0.4, 0.5) is 0 Å². The maximum atomic E-state index is 12.3. The van der Waals surface area contributed by atoms with E-state index in [1.54, 1.807) is 22.8 Å². The lowest BCUT2D eigenvalue weighted by Crippen LogP contribution is -2.31. The van der Waals surface area contributed by atoms with E-state index in [2.05, 4.69) is 18.9 Å². The second-order valence-electron chi connectivity index (χ2n) is 6.35. The van der Waals surface area contributed by atoms with Gasteiger partial charge < -0.3 is 9.64 Å². The third-order valence-electron chi connectivity index (χ3n) is 3.87. The van der Waals surface area contributed by atoms with Gasteiger partial charge in [-0.05, 0) is 36.1 Å². The number of aryl methyl sites for hydroxylation is 2. The Bertz CT molecular complexity index is 725. The minimum absolute atomic E-state index is 0.00243. The van der Waals surface area contributed by atoms with E-state index >= 15 is 0 Å². The molecule has 1 aromatic heterocycles. The lowest BCUT2D eigenvalue weighted by Gasteiger charge is -2.19. The zero-order valence-electron chi connectivity index (χ0n) is 14.8. The van der Waals surface area contributed by atoms with E-state index in [9.17, 15) is 4.79 Å². The summed E-state index contributed by atoms with van der Waals surface area (Å²) in [7, 11) is 3.61. The van der Waals surface area contributed by atoms with Crippen LogP contribution >= 0.6 is 11.6 Å². The molecule has 1 heterocycles. The summed E-state index contributed by atoms with van der Waals surface area (Å²) in [6.45, 7) is 6.58. The normalized spacial score (nSPS) is 11.0. The number of hydrogen-bond acceptors (Lipinski definition) is 3. The summed E-state index contributed by atoms with van der Waals surface area (Å²) in [5, 5.41) is 4.82. The standard InChI is InChI=1S/C18H24ClN3O2/c1-12(2)15-7-16(19)13(3)6-17(15)24-11-18(23)21(4)9-14-8-20-22(5)10-14/h6-8,10,12H,9,11H2,1-5H3. The average molecular weight is 350 g/mol. The zero-order chi connectivity index (χ0) is 17.9. The number of carbonyl (C=O) groups is 1. The van der Waals surface area contributed by atoms with Crippen LogP contribution in [-0.2, 0) is 18.4 Å². The molecule has 6 heteroatoms. The van der Waals surface area contributed by atoms with Crippen LogP contribution in [0.2, 0.25) is 5.02 Å². The van der Waals surface area contributed by atoms with Gasteiger partial charge in [0.1, 0.15) is 5.75 Å². The number of carbonyl (C=O) groups excluding carboxylic acids is 1. The smallest absolute Gasteiger partial charge is 0.260 e. The maximum absolute atomic E-state index is 12.3. The first-order chi connectivity index (χ1) is 11.3. The van der Waals surface area contributed by atoms with Crippen molar-refractivity contribution in [3.05, 3.63) is 46.2 Å². The minimum Gasteiger partial charge on any atom is -0.483 e. The van der Waals surface area contributed by atoms with E-state index in [0.29, 0.717) is 11.6 Å². The highest BCUT2D eigenvalue weighted by Crippen LogP contribution is 2.32. The Morgan fingerprint density at radius 3 is 2.71 bits per heavy atom. The van der Waals surface area contributed by atoms with Crippen molar-refractivity contribution in [1.82, 2.24) is 14.7 Å². The summed E-state index contributed by atoms with van der Waals surface area (Å²) < 4.78 is 7.51. The van der Waals surface area contributed by atoms with Crippen molar-refractivity contribution >= 4 is 17.5 Å². The highest BCUT2D eigenvalue weighted by molar-refractivity contribution is 6.31. The SMILES string of the molecule is Cc1cc(OCC(=O)N(C)Cc2cnn(C)c2)c(C(C)C)cc1Cl. The van der Waals surface area contributed by atoms with Gasteiger partial charge in [-0.15, -0.1) is 0 Å². The molecule has 0 aliphatic carbocycles. The van der Waals surface area contributed by atoms with Gasteiger partial charge in [-0.1, -0.05) is 25.4 Å². The number of nitrogens with zero attached hydrogens (tertiary/aromatic N) is 3. The van der Waals surface area contributed by atoms with Crippen molar-refractivity contribution in [1.29, 1.82) is 0 Å². The summed E-state index contributed by atoms with van der Waals surface area (Å²) in [5.74, 6) is 0.900. The van der Waals surface area contributed by atoms with Crippen molar-refractivity contribution < 1.29 is 9.53 Å². The van der Waals surface area contributed by atoms with Gasteiger partial charge in [0.25, 0.3) is 5.91 Å². The van der Waals surface area contributed by atoms with Crippen LogP contribution in [0.25, 0.3) is 0 Å². The van der Waals surface area contributed by atoms with E-state index in [-0.39, 0.29) is 18.4 Å². The highest BCUT2D eigenvalue weighted by Gasteiger charge is 2.15. The molecule has 0 fully saturated rings. The van der Waals surface area contributed by atoms with Crippen LogP contribution in [0.3, 0.4) is 0 Å². The molecule has 0 radical (unpaired) electrons. The Morgan fingerprint density at radius 2 is 2.12 bits per heavy atom. The van der Waals surface area contributed by atoms with Crippen LogP contribution in [-0.4, -0.2) is 34.2 Å². The molecule has 0 saturated heterocycles. The number of ether oxygens (including phenoxy) is 1. The molecule has 0 N–H and O–H groups in total. The van der Waals surface area contributed by atoms with Gasteiger partial charge in [0.05, 0.1) is 6.20 Å². The molecule has 5 nitrogen and oxygen atoms in total. The number of hydrogen-bond donors (Lipinski definition) is 0. The van der Waals surface area contributed by atoms with E-state index in [0.717, 1.165) is 22.4 Å². The molecule has 0 saturated carbocycles. The van der Waals surface area contributed by atoms with Gasteiger partial charge >= 0.3 is 0 Å². The van der Waals surface area contributed by atoms with Crippen LogP contribution < -0.4 is 4.74 Å².